The van der Waals surface area contributed by atoms with Gasteiger partial charge in [-0.3, -0.25) is 14.9 Å². The molecule has 9 heteroatoms. The Kier molecular flexibility index (Phi) is 6.78. The summed E-state index contributed by atoms with van der Waals surface area (Å²) in [5.41, 5.74) is -0.0448. The number of hydrogen-bond donors (Lipinski definition) is 1. The van der Waals surface area contributed by atoms with E-state index in [1.807, 2.05) is 6.26 Å². The number of anilines is 1. The number of nitro benzene ring substituents is 1. The van der Waals surface area contributed by atoms with Crippen LogP contribution in [0.15, 0.2) is 47.4 Å². The maximum Gasteiger partial charge on any atom is 0.342 e. The van der Waals surface area contributed by atoms with E-state index in [4.69, 9.17) is 9.47 Å². The van der Waals surface area contributed by atoms with Gasteiger partial charge in [0.25, 0.3) is 11.6 Å². The predicted octanol–water partition coefficient (Wildman–Crippen LogP) is 3.51. The third kappa shape index (κ3) is 4.98. The van der Waals surface area contributed by atoms with E-state index in [1.165, 1.54) is 44.0 Å². The van der Waals surface area contributed by atoms with Crippen LogP contribution in [0.4, 0.5) is 11.4 Å². The quantitative estimate of drug-likeness (QED) is 0.333. The SMILES string of the molecule is COc1cc(SC)ccc1C(=O)O[C@H](C)C(=O)Nc1ccccc1[N+](=O)[O-]. The number of rotatable bonds is 7. The highest BCUT2D eigenvalue weighted by molar-refractivity contribution is 7.98. The maximum atomic E-state index is 12.4. The Morgan fingerprint density at radius 1 is 1.22 bits per heavy atom. The average molecular weight is 390 g/mol. The first-order valence-electron chi connectivity index (χ1n) is 7.84. The predicted molar refractivity (Wildman–Crippen MR) is 101 cm³/mol. The fraction of sp³-hybridized carbons (Fsp3) is 0.222. The van der Waals surface area contributed by atoms with E-state index in [0.29, 0.717) is 5.75 Å². The van der Waals surface area contributed by atoms with E-state index >= 15 is 0 Å². The smallest absolute Gasteiger partial charge is 0.342 e. The summed E-state index contributed by atoms with van der Waals surface area (Å²) in [7, 11) is 1.43. The Bertz CT molecular complexity index is 871. The van der Waals surface area contributed by atoms with Gasteiger partial charge in [0.15, 0.2) is 6.10 Å². The molecule has 0 aromatic heterocycles. The first-order chi connectivity index (χ1) is 12.9. The zero-order valence-electron chi connectivity index (χ0n) is 14.9. The van der Waals surface area contributed by atoms with Crippen molar-refractivity contribution in [3.8, 4) is 5.75 Å². The van der Waals surface area contributed by atoms with Crippen molar-refractivity contribution in [2.24, 2.45) is 0 Å². The number of benzene rings is 2. The van der Waals surface area contributed by atoms with Crippen molar-refractivity contribution in [3.63, 3.8) is 0 Å². The van der Waals surface area contributed by atoms with E-state index in [1.54, 1.807) is 24.3 Å². The number of methoxy groups -OCH3 is 1. The Labute approximate surface area is 160 Å². The van der Waals surface area contributed by atoms with Gasteiger partial charge in [-0.2, -0.15) is 0 Å². The molecule has 0 aliphatic rings. The average Bonchev–Trinajstić information content (AvgIpc) is 2.67. The standard InChI is InChI=1S/C18H18N2O6S/c1-11(17(21)19-14-6-4-5-7-15(14)20(23)24)26-18(22)13-9-8-12(27-3)10-16(13)25-2/h4-11H,1-3H3,(H,19,21)/t11-/m1/s1. The van der Waals surface area contributed by atoms with Crippen LogP contribution in [0.2, 0.25) is 0 Å². The van der Waals surface area contributed by atoms with Crippen molar-refractivity contribution < 1.29 is 24.0 Å². The summed E-state index contributed by atoms with van der Waals surface area (Å²) >= 11 is 1.49. The first kappa shape index (κ1) is 20.2. The number of carbonyl (C=O) groups excluding carboxylic acids is 2. The Balaban J connectivity index is 2.11. The number of thioether (sulfide) groups is 1. The number of ether oxygens (including phenoxy) is 2. The maximum absolute atomic E-state index is 12.4. The number of nitro groups is 1. The van der Waals surface area contributed by atoms with Crippen LogP contribution in [0.1, 0.15) is 17.3 Å². The van der Waals surface area contributed by atoms with Crippen LogP contribution in [0.5, 0.6) is 5.75 Å². The topological polar surface area (TPSA) is 108 Å². The second-order valence-electron chi connectivity index (χ2n) is 5.38. The van der Waals surface area contributed by atoms with Gasteiger partial charge in [-0.25, -0.2) is 4.79 Å². The van der Waals surface area contributed by atoms with E-state index < -0.39 is 22.9 Å². The molecule has 0 bridgehead atoms. The lowest BCUT2D eigenvalue weighted by Crippen LogP contribution is -2.30. The molecule has 0 radical (unpaired) electrons. The molecule has 142 valence electrons. The number of carbonyl (C=O) groups is 2. The third-order valence-corrected chi connectivity index (χ3v) is 4.37. The summed E-state index contributed by atoms with van der Waals surface area (Å²) in [6.07, 6.45) is 0.726. The number of esters is 1. The normalized spacial score (nSPS) is 11.4. The monoisotopic (exact) mass is 390 g/mol. The number of para-hydroxylation sites is 2. The van der Waals surface area contributed by atoms with Gasteiger partial charge in [0.1, 0.15) is 17.0 Å². The van der Waals surface area contributed by atoms with Crippen molar-refractivity contribution in [2.45, 2.75) is 17.9 Å². The molecule has 0 saturated carbocycles. The van der Waals surface area contributed by atoms with Gasteiger partial charge in [-0.1, -0.05) is 12.1 Å². The summed E-state index contributed by atoms with van der Waals surface area (Å²) in [6, 6.07) is 10.7. The van der Waals surface area contributed by atoms with Crippen LogP contribution in [-0.4, -0.2) is 36.3 Å². The zero-order valence-corrected chi connectivity index (χ0v) is 15.7. The largest absolute Gasteiger partial charge is 0.496 e. The van der Waals surface area contributed by atoms with Gasteiger partial charge in [0, 0.05) is 11.0 Å². The summed E-state index contributed by atoms with van der Waals surface area (Å²) in [4.78, 5) is 35.9. The minimum Gasteiger partial charge on any atom is -0.496 e. The molecular formula is C18H18N2O6S. The van der Waals surface area contributed by atoms with Crippen LogP contribution in [-0.2, 0) is 9.53 Å². The van der Waals surface area contributed by atoms with Gasteiger partial charge >= 0.3 is 5.97 Å². The van der Waals surface area contributed by atoms with E-state index in [2.05, 4.69) is 5.32 Å². The molecule has 0 spiro atoms. The lowest BCUT2D eigenvalue weighted by molar-refractivity contribution is -0.383. The molecule has 0 aliphatic carbocycles. The fourth-order valence-electron chi connectivity index (χ4n) is 2.22. The van der Waals surface area contributed by atoms with Crippen molar-refractivity contribution >= 4 is 35.0 Å². The molecule has 0 heterocycles. The molecule has 8 nitrogen and oxygen atoms in total. The summed E-state index contributed by atoms with van der Waals surface area (Å²) in [6.45, 7) is 1.38. The molecule has 0 fully saturated rings. The van der Waals surface area contributed by atoms with E-state index in [9.17, 15) is 19.7 Å². The minimum atomic E-state index is -1.16. The molecule has 2 aromatic rings. The summed E-state index contributed by atoms with van der Waals surface area (Å²) < 4.78 is 10.4. The molecule has 0 aliphatic heterocycles. The number of nitrogens with zero attached hydrogens (tertiary/aromatic N) is 1. The van der Waals surface area contributed by atoms with Gasteiger partial charge in [0.05, 0.1) is 12.0 Å². The second kappa shape index (κ2) is 9.04. The molecule has 1 amide bonds. The Morgan fingerprint density at radius 3 is 2.56 bits per heavy atom. The molecule has 27 heavy (non-hydrogen) atoms. The van der Waals surface area contributed by atoms with Crippen molar-refractivity contribution in [3.05, 3.63) is 58.1 Å². The molecule has 1 N–H and O–H groups in total. The Hall–Kier alpha value is -3.07. The van der Waals surface area contributed by atoms with Gasteiger partial charge in [-0.15, -0.1) is 11.8 Å². The molecule has 1 atom stereocenters. The highest BCUT2D eigenvalue weighted by Crippen LogP contribution is 2.27. The van der Waals surface area contributed by atoms with Crippen LogP contribution >= 0.6 is 11.8 Å². The van der Waals surface area contributed by atoms with Crippen LogP contribution in [0.3, 0.4) is 0 Å². The van der Waals surface area contributed by atoms with Crippen LogP contribution in [0, 0.1) is 10.1 Å². The Morgan fingerprint density at radius 2 is 1.93 bits per heavy atom. The molecular weight excluding hydrogens is 372 g/mol. The number of hydrogen-bond acceptors (Lipinski definition) is 7. The van der Waals surface area contributed by atoms with Crippen molar-refractivity contribution in [1.82, 2.24) is 0 Å². The lowest BCUT2D eigenvalue weighted by Gasteiger charge is -2.15. The number of amides is 1. The first-order valence-corrected chi connectivity index (χ1v) is 9.07. The van der Waals surface area contributed by atoms with E-state index in [0.717, 1.165) is 4.90 Å². The minimum absolute atomic E-state index is 0.0253. The summed E-state index contributed by atoms with van der Waals surface area (Å²) in [5.74, 6) is -1.08. The highest BCUT2D eigenvalue weighted by atomic mass is 32.2. The number of nitrogens with one attached hydrogen (secondary N) is 1. The molecule has 0 saturated heterocycles. The van der Waals surface area contributed by atoms with Crippen molar-refractivity contribution in [1.29, 1.82) is 0 Å². The molecule has 2 rings (SSSR count). The fourth-order valence-corrected chi connectivity index (χ4v) is 2.65. The third-order valence-electron chi connectivity index (χ3n) is 3.64. The summed E-state index contributed by atoms with van der Waals surface area (Å²) in [5, 5.41) is 13.4. The van der Waals surface area contributed by atoms with Gasteiger partial charge < -0.3 is 14.8 Å². The van der Waals surface area contributed by atoms with E-state index in [-0.39, 0.29) is 16.9 Å². The molecule has 0 unspecified atom stereocenters. The zero-order chi connectivity index (χ0) is 20.0. The van der Waals surface area contributed by atoms with Crippen LogP contribution < -0.4 is 10.1 Å². The lowest BCUT2D eigenvalue weighted by atomic mass is 10.2. The second-order valence-corrected chi connectivity index (χ2v) is 6.26. The van der Waals surface area contributed by atoms with Gasteiger partial charge in [-0.05, 0) is 37.4 Å². The van der Waals surface area contributed by atoms with Gasteiger partial charge in [0.2, 0.25) is 0 Å². The van der Waals surface area contributed by atoms with Crippen molar-refractivity contribution in [2.75, 3.05) is 18.7 Å². The molecule has 2 aromatic carbocycles. The highest BCUT2D eigenvalue weighted by Gasteiger charge is 2.23. The van der Waals surface area contributed by atoms with Crippen LogP contribution in [0.25, 0.3) is 0 Å².